The summed E-state index contributed by atoms with van der Waals surface area (Å²) in [6, 6.07) is 1.44. The number of aliphatic hydroxyl groups excluding tert-OH is 3. The lowest BCUT2D eigenvalue weighted by atomic mass is 9.84. The fourth-order valence-electron chi connectivity index (χ4n) is 3.16. The fourth-order valence-corrected chi connectivity index (χ4v) is 5.23. The molecule has 9 heteroatoms. The normalized spacial score (nSPS) is 32.3. The smallest absolute Gasteiger partial charge is 0.351 e. The maximum Gasteiger partial charge on any atom is 0.351 e. The Morgan fingerprint density at radius 2 is 2.00 bits per heavy atom. The zero-order valence-electron chi connectivity index (χ0n) is 14.7. The lowest BCUT2D eigenvalue weighted by molar-refractivity contribution is -0.137. The molecule has 5 N–H and O–H groups in total. The van der Waals surface area contributed by atoms with Crippen molar-refractivity contribution in [1.82, 2.24) is 9.55 Å². The number of nitrogens with two attached hydrogens (primary N) is 1. The summed E-state index contributed by atoms with van der Waals surface area (Å²) in [7, 11) is -1.92. The third-order valence-corrected chi connectivity index (χ3v) is 7.05. The summed E-state index contributed by atoms with van der Waals surface area (Å²) in [5.74, 6) is 0.0659. The van der Waals surface area contributed by atoms with E-state index in [-0.39, 0.29) is 5.82 Å². The second kappa shape index (κ2) is 6.23. The van der Waals surface area contributed by atoms with Crippen LogP contribution in [-0.2, 0) is 10.1 Å². The first-order valence-electron chi connectivity index (χ1n) is 8.00. The number of hydrogen-bond donors (Lipinski definition) is 4. The minimum absolute atomic E-state index is 0.0659. The molecule has 1 aliphatic heterocycles. The molecule has 1 aromatic heterocycles. The van der Waals surface area contributed by atoms with Gasteiger partial charge in [0.25, 0.3) is 0 Å². The number of rotatable bonds is 3. The summed E-state index contributed by atoms with van der Waals surface area (Å²) in [5.41, 5.74) is 4.31. The second-order valence-corrected chi connectivity index (χ2v) is 10.9. The molecule has 1 aliphatic rings. The van der Waals surface area contributed by atoms with Crippen LogP contribution in [0.2, 0.25) is 13.1 Å². The largest absolute Gasteiger partial charge is 0.390 e. The van der Waals surface area contributed by atoms with Crippen LogP contribution < -0.4 is 11.4 Å². The molecule has 8 nitrogen and oxygen atoms in total. The van der Waals surface area contributed by atoms with E-state index >= 15 is 0 Å². The molecule has 2 heterocycles. The highest BCUT2D eigenvalue weighted by Crippen LogP contribution is 2.41. The summed E-state index contributed by atoms with van der Waals surface area (Å²) in [6.07, 6.45) is -3.29. The van der Waals surface area contributed by atoms with Crippen molar-refractivity contribution >= 4 is 14.6 Å². The molecule has 0 aromatic carbocycles. The third-order valence-electron chi connectivity index (χ3n) is 4.64. The summed E-state index contributed by atoms with van der Waals surface area (Å²) >= 11 is 0. The quantitative estimate of drug-likeness (QED) is 0.512. The summed E-state index contributed by atoms with van der Waals surface area (Å²) in [6.45, 7) is 9.22. The first-order chi connectivity index (χ1) is 10.9. The predicted octanol–water partition coefficient (Wildman–Crippen LogP) is -0.968. The van der Waals surface area contributed by atoms with Gasteiger partial charge in [-0.2, -0.15) is 4.98 Å². The van der Waals surface area contributed by atoms with Crippen LogP contribution in [-0.4, -0.2) is 58.1 Å². The van der Waals surface area contributed by atoms with Crippen molar-refractivity contribution in [3.05, 3.63) is 22.7 Å². The zero-order valence-corrected chi connectivity index (χ0v) is 15.8. The summed E-state index contributed by atoms with van der Waals surface area (Å²) < 4.78 is 7.22. The molecule has 0 spiro atoms. The number of ether oxygens (including phenoxy) is 1. The molecular weight excluding hydrogens is 330 g/mol. The maximum atomic E-state index is 12.3. The van der Waals surface area contributed by atoms with Crippen LogP contribution >= 0.6 is 0 Å². The van der Waals surface area contributed by atoms with Crippen molar-refractivity contribution < 1.29 is 20.1 Å². The van der Waals surface area contributed by atoms with Gasteiger partial charge in [0.2, 0.25) is 0 Å². The first kappa shape index (κ1) is 19.1. The van der Waals surface area contributed by atoms with E-state index in [4.69, 9.17) is 10.5 Å². The van der Waals surface area contributed by atoms with E-state index in [1.165, 1.54) is 16.8 Å². The van der Waals surface area contributed by atoms with Crippen molar-refractivity contribution in [2.75, 3.05) is 5.73 Å². The van der Waals surface area contributed by atoms with Crippen LogP contribution in [0.15, 0.2) is 17.1 Å². The molecule has 0 aliphatic carbocycles. The van der Waals surface area contributed by atoms with Gasteiger partial charge < -0.3 is 25.8 Å². The highest BCUT2D eigenvalue weighted by atomic mass is 28.3. The van der Waals surface area contributed by atoms with Gasteiger partial charge in [0.05, 0.1) is 14.9 Å². The van der Waals surface area contributed by atoms with Gasteiger partial charge in [-0.3, -0.25) is 4.57 Å². The van der Waals surface area contributed by atoms with Crippen LogP contribution in [0.4, 0.5) is 5.82 Å². The van der Waals surface area contributed by atoms with Crippen molar-refractivity contribution in [3.8, 4) is 0 Å². The molecule has 2 rings (SSSR count). The minimum atomic E-state index is -1.92. The Bertz CT molecular complexity index is 659. The molecule has 5 atom stereocenters. The van der Waals surface area contributed by atoms with Gasteiger partial charge in [0, 0.05) is 6.20 Å². The Morgan fingerprint density at radius 1 is 1.42 bits per heavy atom. The molecule has 0 radical (unpaired) electrons. The molecule has 24 heavy (non-hydrogen) atoms. The van der Waals surface area contributed by atoms with Crippen LogP contribution in [0.1, 0.15) is 20.8 Å². The number of nitrogen functional groups attached to an aromatic ring is 1. The highest BCUT2D eigenvalue weighted by Gasteiger charge is 2.60. The van der Waals surface area contributed by atoms with Gasteiger partial charge in [-0.1, -0.05) is 33.9 Å². The SMILES string of the molecule is C[SiH](C)[C@@]1(n2ccc(N)nc2=O)O[C@H](C(O)C(C)(C)C)[C@@H](O)[C@H]1O. The third kappa shape index (κ3) is 2.90. The average molecular weight is 357 g/mol. The van der Waals surface area contributed by atoms with Gasteiger partial charge in [0.1, 0.15) is 24.1 Å². The molecular formula is C15H27N3O5Si. The number of aliphatic hydroxyl groups is 3. The average Bonchev–Trinajstić information content (AvgIpc) is 2.71. The van der Waals surface area contributed by atoms with Crippen molar-refractivity contribution in [1.29, 1.82) is 0 Å². The van der Waals surface area contributed by atoms with Gasteiger partial charge in [-0.15, -0.1) is 0 Å². The molecule has 136 valence electrons. The highest BCUT2D eigenvalue weighted by molar-refractivity contribution is 6.58. The molecule has 1 saturated heterocycles. The first-order valence-corrected chi connectivity index (χ1v) is 10.9. The number of nitrogens with zero attached hydrogens (tertiary/aromatic N) is 2. The molecule has 0 bridgehead atoms. The van der Waals surface area contributed by atoms with E-state index in [1.54, 1.807) is 0 Å². The summed E-state index contributed by atoms with van der Waals surface area (Å²) in [4.78, 5) is 16.0. The van der Waals surface area contributed by atoms with Crippen LogP contribution in [0.5, 0.6) is 0 Å². The van der Waals surface area contributed by atoms with E-state index in [9.17, 15) is 20.1 Å². The Labute approximate surface area is 142 Å². The standard InChI is InChI=1S/C15H27N3O5Si/c1-14(2,3)12(21)10-9(19)11(20)15(23-10,24(4)5)18-7-6-8(16)17-13(18)22/h6-7,9-12,19-21,24H,1-5H3,(H2,16,17,22)/t9-,10+,11-,12?,15+/m1/s1. The topological polar surface area (TPSA) is 131 Å². The minimum Gasteiger partial charge on any atom is -0.390 e. The molecule has 0 saturated carbocycles. The molecule has 0 amide bonds. The van der Waals surface area contributed by atoms with Gasteiger partial charge in [0.15, 0.2) is 5.35 Å². The van der Waals surface area contributed by atoms with Gasteiger partial charge in [-0.25, -0.2) is 4.79 Å². The lowest BCUT2D eigenvalue weighted by Gasteiger charge is -2.38. The molecule has 1 fully saturated rings. The van der Waals surface area contributed by atoms with E-state index in [0.29, 0.717) is 0 Å². The van der Waals surface area contributed by atoms with E-state index in [2.05, 4.69) is 4.98 Å². The Morgan fingerprint density at radius 3 is 2.46 bits per heavy atom. The van der Waals surface area contributed by atoms with E-state index < -0.39 is 49.7 Å². The van der Waals surface area contributed by atoms with Gasteiger partial charge in [-0.05, 0) is 11.5 Å². The summed E-state index contributed by atoms with van der Waals surface area (Å²) in [5, 5.41) is 30.4. The van der Waals surface area contributed by atoms with Crippen LogP contribution in [0.3, 0.4) is 0 Å². The number of aromatic nitrogens is 2. The van der Waals surface area contributed by atoms with E-state index in [1.807, 2.05) is 33.9 Å². The zero-order chi connectivity index (χ0) is 18.4. The van der Waals surface area contributed by atoms with Crippen LogP contribution in [0, 0.1) is 5.41 Å². The van der Waals surface area contributed by atoms with Crippen molar-refractivity contribution in [2.24, 2.45) is 5.41 Å². The number of anilines is 1. The Hall–Kier alpha value is -1.26. The monoisotopic (exact) mass is 357 g/mol. The van der Waals surface area contributed by atoms with Crippen molar-refractivity contribution in [3.63, 3.8) is 0 Å². The number of hydrogen-bond acceptors (Lipinski definition) is 7. The van der Waals surface area contributed by atoms with Gasteiger partial charge >= 0.3 is 5.69 Å². The van der Waals surface area contributed by atoms with E-state index in [0.717, 1.165) is 0 Å². The fraction of sp³-hybridized carbons (Fsp3) is 0.733. The second-order valence-electron chi connectivity index (χ2n) is 7.74. The van der Waals surface area contributed by atoms with Crippen molar-refractivity contribution in [2.45, 2.75) is 63.6 Å². The van der Waals surface area contributed by atoms with Crippen LogP contribution in [0.25, 0.3) is 0 Å². The Balaban J connectivity index is 2.56. The Kier molecular flexibility index (Phi) is 4.95. The maximum absolute atomic E-state index is 12.3. The predicted molar refractivity (Wildman–Crippen MR) is 92.1 cm³/mol. The lowest BCUT2D eigenvalue weighted by Crippen LogP contribution is -2.58. The molecule has 1 aromatic rings. The molecule has 1 unspecified atom stereocenters.